The summed E-state index contributed by atoms with van der Waals surface area (Å²) in [4.78, 5) is 0. The molecule has 0 bridgehead atoms. The molecule has 0 aliphatic heterocycles. The second kappa shape index (κ2) is 8.06. The third-order valence-electron chi connectivity index (χ3n) is 4.36. The molecule has 0 spiro atoms. The first-order valence-electron chi connectivity index (χ1n) is 7.16. The van der Waals surface area contributed by atoms with Gasteiger partial charge in [0.2, 0.25) is 0 Å². The highest BCUT2D eigenvalue weighted by molar-refractivity contribution is 4.81. The van der Waals surface area contributed by atoms with Crippen LogP contribution in [0.15, 0.2) is 0 Å². The van der Waals surface area contributed by atoms with E-state index in [2.05, 4.69) is 19.3 Å². The largest absolute Gasteiger partial charge is 0.384 e. The van der Waals surface area contributed by atoms with Gasteiger partial charge in [0.25, 0.3) is 0 Å². The number of rotatable bonds is 7. The molecule has 0 amide bonds. The Hall–Kier alpha value is -0.120. The Kier molecular flexibility index (Phi) is 7.09. The molecular formula is C14H30N2O. The van der Waals surface area contributed by atoms with Gasteiger partial charge in [0.1, 0.15) is 0 Å². The molecule has 17 heavy (non-hydrogen) atoms. The smallest absolute Gasteiger partial charge is 0.0488 e. The second-order valence-electron chi connectivity index (χ2n) is 5.76. The summed E-state index contributed by atoms with van der Waals surface area (Å²) in [5, 5.41) is 0. The Balaban J connectivity index is 2.35. The van der Waals surface area contributed by atoms with Crippen molar-refractivity contribution in [2.75, 3.05) is 13.7 Å². The summed E-state index contributed by atoms with van der Waals surface area (Å²) in [5.74, 6) is 8.04. The van der Waals surface area contributed by atoms with Gasteiger partial charge >= 0.3 is 0 Å². The molecule has 1 aliphatic carbocycles. The highest BCUT2D eigenvalue weighted by atomic mass is 16.5. The van der Waals surface area contributed by atoms with E-state index < -0.39 is 0 Å². The summed E-state index contributed by atoms with van der Waals surface area (Å²) >= 11 is 0. The van der Waals surface area contributed by atoms with E-state index in [1.807, 2.05) is 0 Å². The third kappa shape index (κ3) is 4.94. The SMILES string of the molecule is CCC1CCC(C(CC(C)COC)NN)CC1. The molecule has 102 valence electrons. The van der Waals surface area contributed by atoms with Crippen molar-refractivity contribution in [3.8, 4) is 0 Å². The molecule has 1 saturated carbocycles. The molecule has 1 aliphatic rings. The van der Waals surface area contributed by atoms with Crippen LogP contribution in [0.2, 0.25) is 0 Å². The molecule has 0 radical (unpaired) electrons. The Morgan fingerprint density at radius 2 is 1.94 bits per heavy atom. The number of hydrogen-bond donors (Lipinski definition) is 2. The Labute approximate surface area is 106 Å². The molecule has 1 fully saturated rings. The molecule has 2 unspecified atom stereocenters. The minimum Gasteiger partial charge on any atom is -0.384 e. The van der Waals surface area contributed by atoms with Gasteiger partial charge < -0.3 is 4.74 Å². The molecule has 3 nitrogen and oxygen atoms in total. The maximum atomic E-state index is 5.72. The number of nitrogens with one attached hydrogen (secondary N) is 1. The van der Waals surface area contributed by atoms with E-state index in [9.17, 15) is 0 Å². The molecule has 2 atom stereocenters. The Bertz CT molecular complexity index is 191. The minimum absolute atomic E-state index is 0.470. The lowest BCUT2D eigenvalue weighted by molar-refractivity contribution is 0.133. The van der Waals surface area contributed by atoms with Crippen molar-refractivity contribution in [1.29, 1.82) is 0 Å². The topological polar surface area (TPSA) is 47.3 Å². The number of ether oxygens (including phenoxy) is 1. The van der Waals surface area contributed by atoms with E-state index in [1.54, 1.807) is 7.11 Å². The summed E-state index contributed by atoms with van der Waals surface area (Å²) < 4.78 is 5.20. The van der Waals surface area contributed by atoms with Crippen LogP contribution in [0.3, 0.4) is 0 Å². The van der Waals surface area contributed by atoms with Crippen molar-refractivity contribution < 1.29 is 4.74 Å². The summed E-state index contributed by atoms with van der Waals surface area (Å²) in [7, 11) is 1.77. The number of nitrogens with two attached hydrogens (primary N) is 1. The zero-order chi connectivity index (χ0) is 12.7. The van der Waals surface area contributed by atoms with Crippen molar-refractivity contribution in [2.24, 2.45) is 23.6 Å². The predicted molar refractivity (Wildman–Crippen MR) is 72.5 cm³/mol. The van der Waals surface area contributed by atoms with Crippen molar-refractivity contribution in [3.63, 3.8) is 0 Å². The number of hydrazine groups is 1. The fourth-order valence-corrected chi connectivity index (χ4v) is 3.18. The van der Waals surface area contributed by atoms with Gasteiger partial charge in [-0.25, -0.2) is 0 Å². The predicted octanol–water partition coefficient (Wildman–Crippen LogP) is 2.71. The summed E-state index contributed by atoms with van der Waals surface area (Å²) in [6, 6.07) is 0.470. The van der Waals surface area contributed by atoms with Crippen LogP contribution < -0.4 is 11.3 Å². The lowest BCUT2D eigenvalue weighted by Gasteiger charge is -2.34. The van der Waals surface area contributed by atoms with E-state index in [0.29, 0.717) is 12.0 Å². The van der Waals surface area contributed by atoms with Gasteiger partial charge in [-0.3, -0.25) is 11.3 Å². The van der Waals surface area contributed by atoms with Crippen LogP contribution >= 0.6 is 0 Å². The van der Waals surface area contributed by atoms with Gasteiger partial charge in [-0.2, -0.15) is 0 Å². The first-order valence-corrected chi connectivity index (χ1v) is 7.16. The van der Waals surface area contributed by atoms with Gasteiger partial charge in [-0.05, 0) is 37.0 Å². The van der Waals surface area contributed by atoms with Gasteiger partial charge in [0.05, 0.1) is 0 Å². The zero-order valence-electron chi connectivity index (χ0n) is 11.7. The van der Waals surface area contributed by atoms with E-state index in [-0.39, 0.29) is 0 Å². The normalized spacial score (nSPS) is 28.9. The van der Waals surface area contributed by atoms with Gasteiger partial charge in [0, 0.05) is 19.8 Å². The van der Waals surface area contributed by atoms with Gasteiger partial charge in [0.15, 0.2) is 0 Å². The van der Waals surface area contributed by atoms with Gasteiger partial charge in [-0.1, -0.05) is 33.1 Å². The lowest BCUT2D eigenvalue weighted by atomic mass is 9.76. The molecule has 3 heteroatoms. The first-order chi connectivity index (χ1) is 8.21. The third-order valence-corrected chi connectivity index (χ3v) is 4.36. The molecule has 1 rings (SSSR count). The second-order valence-corrected chi connectivity index (χ2v) is 5.76. The van der Waals surface area contributed by atoms with Crippen LogP contribution in [0.4, 0.5) is 0 Å². The summed E-state index contributed by atoms with van der Waals surface area (Å²) in [6.45, 7) is 5.39. The van der Waals surface area contributed by atoms with Crippen LogP contribution in [0.5, 0.6) is 0 Å². The molecule has 0 saturated heterocycles. The maximum absolute atomic E-state index is 5.72. The van der Waals surface area contributed by atoms with E-state index in [1.165, 1.54) is 32.1 Å². The van der Waals surface area contributed by atoms with E-state index in [0.717, 1.165) is 24.9 Å². The molecule has 0 aromatic carbocycles. The average Bonchev–Trinajstić information content (AvgIpc) is 2.36. The quantitative estimate of drug-likeness (QED) is 0.533. The number of hydrogen-bond acceptors (Lipinski definition) is 3. The van der Waals surface area contributed by atoms with Crippen molar-refractivity contribution in [2.45, 2.75) is 58.4 Å². The maximum Gasteiger partial charge on any atom is 0.0488 e. The summed E-state index contributed by atoms with van der Waals surface area (Å²) in [5.41, 5.74) is 3.04. The van der Waals surface area contributed by atoms with E-state index >= 15 is 0 Å². The summed E-state index contributed by atoms with van der Waals surface area (Å²) in [6.07, 6.45) is 7.93. The van der Waals surface area contributed by atoms with E-state index in [4.69, 9.17) is 10.6 Å². The molecular weight excluding hydrogens is 212 g/mol. The van der Waals surface area contributed by atoms with Crippen LogP contribution in [0.1, 0.15) is 52.4 Å². The highest BCUT2D eigenvalue weighted by Gasteiger charge is 2.27. The monoisotopic (exact) mass is 242 g/mol. The Morgan fingerprint density at radius 1 is 1.29 bits per heavy atom. The fourth-order valence-electron chi connectivity index (χ4n) is 3.18. The van der Waals surface area contributed by atoms with Crippen molar-refractivity contribution in [1.82, 2.24) is 5.43 Å². The van der Waals surface area contributed by atoms with Gasteiger partial charge in [-0.15, -0.1) is 0 Å². The highest BCUT2D eigenvalue weighted by Crippen LogP contribution is 2.33. The average molecular weight is 242 g/mol. The van der Waals surface area contributed by atoms with Crippen LogP contribution in [-0.4, -0.2) is 19.8 Å². The molecule has 0 aromatic heterocycles. The van der Waals surface area contributed by atoms with Crippen molar-refractivity contribution in [3.05, 3.63) is 0 Å². The standard InChI is InChI=1S/C14H30N2O/c1-4-12-5-7-13(8-6-12)14(16-15)9-11(2)10-17-3/h11-14,16H,4-10,15H2,1-3H3. The molecule has 3 N–H and O–H groups in total. The molecule has 0 aromatic rings. The number of methoxy groups -OCH3 is 1. The Morgan fingerprint density at radius 3 is 2.41 bits per heavy atom. The minimum atomic E-state index is 0.470. The van der Waals surface area contributed by atoms with Crippen molar-refractivity contribution >= 4 is 0 Å². The van der Waals surface area contributed by atoms with Crippen LogP contribution in [-0.2, 0) is 4.74 Å². The fraction of sp³-hybridized carbons (Fsp3) is 1.00. The van der Waals surface area contributed by atoms with Crippen LogP contribution in [0, 0.1) is 17.8 Å². The lowest BCUT2D eigenvalue weighted by Crippen LogP contribution is -2.43. The molecule has 0 heterocycles. The zero-order valence-corrected chi connectivity index (χ0v) is 11.7. The van der Waals surface area contributed by atoms with Crippen LogP contribution in [0.25, 0.3) is 0 Å². The first kappa shape index (κ1) is 14.9.